The van der Waals surface area contributed by atoms with Crippen molar-refractivity contribution in [2.45, 2.75) is 13.5 Å². The molecule has 40 heavy (non-hydrogen) atoms. The Morgan fingerprint density at radius 3 is 2.65 bits per heavy atom. The van der Waals surface area contributed by atoms with Crippen LogP contribution < -0.4 is 4.74 Å². The van der Waals surface area contributed by atoms with E-state index in [0.717, 1.165) is 5.56 Å². The highest BCUT2D eigenvalue weighted by Gasteiger charge is 2.32. The van der Waals surface area contributed by atoms with Gasteiger partial charge in [-0.05, 0) is 67.2 Å². The molecule has 0 bridgehead atoms. The molecule has 3 aromatic rings. The van der Waals surface area contributed by atoms with Gasteiger partial charge in [0.2, 0.25) is 0 Å². The summed E-state index contributed by atoms with van der Waals surface area (Å²) in [5.74, 6) is 0.357. The molecular weight excluding hydrogens is 569 g/mol. The Morgan fingerprint density at radius 2 is 1.88 bits per heavy atom. The van der Waals surface area contributed by atoms with E-state index in [1.807, 2.05) is 37.3 Å². The molecule has 0 atom stereocenters. The molecule has 206 valence electrons. The summed E-state index contributed by atoms with van der Waals surface area (Å²) in [6, 6.07) is 19.9. The minimum atomic E-state index is -0.163. The fraction of sp³-hybridized carbons (Fsp3) is 0.233. The van der Waals surface area contributed by atoms with Crippen LogP contribution in [0.3, 0.4) is 0 Å². The predicted octanol–water partition coefficient (Wildman–Crippen LogP) is 6.67. The first kappa shape index (κ1) is 28.2. The molecule has 0 spiro atoms. The van der Waals surface area contributed by atoms with Crippen LogP contribution in [-0.2, 0) is 16.1 Å². The third-order valence-electron chi connectivity index (χ3n) is 6.42. The van der Waals surface area contributed by atoms with Crippen molar-refractivity contribution in [1.82, 2.24) is 9.80 Å². The number of morpholine rings is 1. The lowest BCUT2D eigenvalue weighted by molar-refractivity contribution is -0.122. The van der Waals surface area contributed by atoms with Crippen molar-refractivity contribution in [2.75, 3.05) is 32.8 Å². The molecule has 0 aromatic heterocycles. The van der Waals surface area contributed by atoms with E-state index in [2.05, 4.69) is 0 Å². The first-order valence-electron chi connectivity index (χ1n) is 12.9. The molecule has 0 aliphatic carbocycles. The van der Waals surface area contributed by atoms with Gasteiger partial charge in [-0.15, -0.1) is 0 Å². The lowest BCUT2D eigenvalue weighted by atomic mass is 10.1. The van der Waals surface area contributed by atoms with Crippen LogP contribution in [0.5, 0.6) is 5.75 Å². The lowest BCUT2D eigenvalue weighted by Crippen LogP contribution is -2.40. The summed E-state index contributed by atoms with van der Waals surface area (Å²) in [6.45, 7) is 4.80. The van der Waals surface area contributed by atoms with Crippen molar-refractivity contribution in [2.24, 2.45) is 4.99 Å². The first-order chi connectivity index (χ1) is 19.4. The van der Waals surface area contributed by atoms with E-state index in [4.69, 9.17) is 37.7 Å². The van der Waals surface area contributed by atoms with Crippen LogP contribution in [0.2, 0.25) is 10.0 Å². The van der Waals surface area contributed by atoms with Gasteiger partial charge in [0.05, 0.1) is 23.8 Å². The standard InChI is InChI=1S/C30H27Cl2N3O4S/c1-2-35-29(37)27(18-22-16-23(31)10-11-26(22)39-19-21-6-3-4-9-25(21)32)40-30(35)33-24-8-5-7-20(17-24)28(36)34-12-14-38-15-13-34/h3-11,16-18H,2,12-15,19H2,1H3/b27-18+,33-30?. The number of rotatable bonds is 7. The Labute approximate surface area is 247 Å². The molecular formula is C30H27Cl2N3O4S. The minimum absolute atomic E-state index is 0.0568. The van der Waals surface area contributed by atoms with E-state index in [0.29, 0.717) is 75.5 Å². The van der Waals surface area contributed by atoms with Crippen molar-refractivity contribution in [1.29, 1.82) is 0 Å². The highest BCUT2D eigenvalue weighted by molar-refractivity contribution is 8.18. The number of amides is 2. The Bertz CT molecular complexity index is 1490. The van der Waals surface area contributed by atoms with Crippen LogP contribution in [0.1, 0.15) is 28.4 Å². The highest BCUT2D eigenvalue weighted by atomic mass is 35.5. The maximum Gasteiger partial charge on any atom is 0.266 e. The van der Waals surface area contributed by atoms with Crippen molar-refractivity contribution >= 4 is 63.7 Å². The maximum absolute atomic E-state index is 13.3. The average Bonchev–Trinajstić information content (AvgIpc) is 3.26. The second-order valence-corrected chi connectivity index (χ2v) is 10.9. The number of aliphatic imine (C=N–C) groups is 1. The Balaban J connectivity index is 1.39. The molecule has 5 rings (SSSR count). The smallest absolute Gasteiger partial charge is 0.266 e. The number of halogens is 2. The second-order valence-electron chi connectivity index (χ2n) is 9.07. The Kier molecular flexibility index (Phi) is 9.11. The number of hydrogen-bond donors (Lipinski definition) is 0. The third-order valence-corrected chi connectivity index (χ3v) is 8.03. The summed E-state index contributed by atoms with van der Waals surface area (Å²) in [7, 11) is 0. The molecule has 7 nitrogen and oxygen atoms in total. The summed E-state index contributed by atoms with van der Waals surface area (Å²) in [5.41, 5.74) is 2.67. The SMILES string of the molecule is CCN1C(=O)/C(=C\c2cc(Cl)ccc2OCc2ccccc2Cl)SC1=Nc1cccc(C(=O)N2CCOCC2)c1. The van der Waals surface area contributed by atoms with Crippen molar-refractivity contribution in [3.05, 3.63) is 98.4 Å². The van der Waals surface area contributed by atoms with E-state index >= 15 is 0 Å². The predicted molar refractivity (Wildman–Crippen MR) is 160 cm³/mol. The Morgan fingerprint density at radius 1 is 1.07 bits per heavy atom. The minimum Gasteiger partial charge on any atom is -0.488 e. The van der Waals surface area contributed by atoms with Crippen molar-refractivity contribution in [3.63, 3.8) is 0 Å². The van der Waals surface area contributed by atoms with Gasteiger partial charge in [0.25, 0.3) is 11.8 Å². The quantitative estimate of drug-likeness (QED) is 0.285. The molecule has 10 heteroatoms. The molecule has 2 aliphatic heterocycles. The number of carbonyl (C=O) groups excluding carboxylic acids is 2. The van der Waals surface area contributed by atoms with Crippen LogP contribution in [0.25, 0.3) is 6.08 Å². The number of benzene rings is 3. The largest absolute Gasteiger partial charge is 0.488 e. The molecule has 0 N–H and O–H groups in total. The van der Waals surface area contributed by atoms with Crippen molar-refractivity contribution in [3.8, 4) is 5.75 Å². The maximum atomic E-state index is 13.3. The lowest BCUT2D eigenvalue weighted by Gasteiger charge is -2.26. The number of nitrogens with zero attached hydrogens (tertiary/aromatic N) is 3. The topological polar surface area (TPSA) is 71.4 Å². The van der Waals surface area contributed by atoms with Crippen LogP contribution in [0.4, 0.5) is 5.69 Å². The van der Waals surface area contributed by atoms with E-state index in [1.54, 1.807) is 52.3 Å². The summed E-state index contributed by atoms with van der Waals surface area (Å²) in [4.78, 5) is 34.9. The van der Waals surface area contributed by atoms with Crippen molar-refractivity contribution < 1.29 is 19.1 Å². The van der Waals surface area contributed by atoms with Crippen LogP contribution in [-0.4, -0.2) is 59.6 Å². The van der Waals surface area contributed by atoms with Crippen LogP contribution in [0.15, 0.2) is 76.6 Å². The zero-order chi connectivity index (χ0) is 28.1. The molecule has 2 fully saturated rings. The number of hydrogen-bond acceptors (Lipinski definition) is 6. The zero-order valence-electron chi connectivity index (χ0n) is 21.8. The number of likely N-dealkylation sites (N-methyl/N-ethyl adjacent to an activating group) is 1. The monoisotopic (exact) mass is 595 g/mol. The number of ether oxygens (including phenoxy) is 2. The molecule has 2 aliphatic rings. The summed E-state index contributed by atoms with van der Waals surface area (Å²) < 4.78 is 11.4. The summed E-state index contributed by atoms with van der Waals surface area (Å²) >= 11 is 13.9. The van der Waals surface area contributed by atoms with Gasteiger partial charge in [0, 0.05) is 46.4 Å². The highest BCUT2D eigenvalue weighted by Crippen LogP contribution is 2.36. The van der Waals surface area contributed by atoms with Gasteiger partial charge < -0.3 is 14.4 Å². The van der Waals surface area contributed by atoms with Gasteiger partial charge in [0.15, 0.2) is 5.17 Å². The van der Waals surface area contributed by atoms with Gasteiger partial charge in [-0.25, -0.2) is 4.99 Å². The van der Waals surface area contributed by atoms with Gasteiger partial charge in [-0.1, -0.05) is 47.5 Å². The molecule has 2 saturated heterocycles. The normalized spacial score (nSPS) is 17.6. The summed E-state index contributed by atoms with van der Waals surface area (Å²) in [5, 5.41) is 1.68. The molecule has 3 aromatic carbocycles. The fourth-order valence-electron chi connectivity index (χ4n) is 4.31. The number of amidine groups is 1. The van der Waals surface area contributed by atoms with E-state index in [-0.39, 0.29) is 18.4 Å². The second kappa shape index (κ2) is 12.9. The number of thioether (sulfide) groups is 1. The van der Waals surface area contributed by atoms with Gasteiger partial charge in [-0.3, -0.25) is 14.5 Å². The first-order valence-corrected chi connectivity index (χ1v) is 14.4. The molecule has 0 unspecified atom stereocenters. The van der Waals surface area contributed by atoms with Gasteiger partial charge in [0.1, 0.15) is 12.4 Å². The van der Waals surface area contributed by atoms with Crippen LogP contribution >= 0.6 is 35.0 Å². The molecule has 0 saturated carbocycles. The third kappa shape index (κ3) is 6.53. The molecule has 2 amide bonds. The van der Waals surface area contributed by atoms with E-state index in [9.17, 15) is 9.59 Å². The zero-order valence-corrected chi connectivity index (χ0v) is 24.1. The van der Waals surface area contributed by atoms with E-state index in [1.165, 1.54) is 11.8 Å². The van der Waals surface area contributed by atoms with Gasteiger partial charge >= 0.3 is 0 Å². The molecule has 0 radical (unpaired) electrons. The molecule has 2 heterocycles. The van der Waals surface area contributed by atoms with Gasteiger partial charge in [-0.2, -0.15) is 0 Å². The number of carbonyl (C=O) groups is 2. The Hall–Kier alpha value is -3.30. The fourth-order valence-corrected chi connectivity index (χ4v) is 5.74. The van der Waals surface area contributed by atoms with Crippen LogP contribution in [0, 0.1) is 0 Å². The average molecular weight is 597 g/mol. The van der Waals surface area contributed by atoms with E-state index < -0.39 is 0 Å². The summed E-state index contributed by atoms with van der Waals surface area (Å²) in [6.07, 6.45) is 1.77.